The number of aromatic nitrogens is 2. The van der Waals surface area contributed by atoms with Crippen molar-refractivity contribution in [2.75, 3.05) is 25.3 Å². The molecule has 1 aromatic heterocycles. The van der Waals surface area contributed by atoms with E-state index in [2.05, 4.69) is 15.5 Å². The van der Waals surface area contributed by atoms with Gasteiger partial charge in [-0.15, -0.1) is 5.10 Å². The third kappa shape index (κ3) is 4.37. The van der Waals surface area contributed by atoms with E-state index >= 15 is 0 Å². The molecule has 0 aliphatic carbocycles. The fourth-order valence-electron chi connectivity index (χ4n) is 2.53. The van der Waals surface area contributed by atoms with Crippen LogP contribution in [0, 0.1) is 0 Å². The Hall–Kier alpha value is -3.40. The van der Waals surface area contributed by atoms with Crippen LogP contribution in [-0.2, 0) is 9.84 Å². The number of sulfone groups is 1. The first kappa shape index (κ1) is 20.3. The normalized spacial score (nSPS) is 11.1. The first-order chi connectivity index (χ1) is 13.9. The lowest BCUT2D eigenvalue weighted by atomic mass is 10.2. The highest BCUT2D eigenvalue weighted by Gasteiger charge is 2.18. The van der Waals surface area contributed by atoms with Crippen LogP contribution in [0.5, 0.6) is 11.5 Å². The first-order valence-corrected chi connectivity index (χ1v) is 10.2. The molecule has 9 nitrogen and oxygen atoms in total. The largest absolute Gasteiger partial charge is 0.497 e. The van der Waals surface area contributed by atoms with Crippen LogP contribution in [0.4, 0.5) is 6.01 Å². The number of rotatable bonds is 7. The fourth-order valence-corrected chi connectivity index (χ4v) is 3.46. The number of nitrogens with one attached hydrogen (secondary N) is 1. The Morgan fingerprint density at radius 2 is 1.90 bits per heavy atom. The van der Waals surface area contributed by atoms with Crippen molar-refractivity contribution >= 4 is 21.8 Å². The number of carbonyl (C=O) groups is 1. The van der Waals surface area contributed by atoms with Crippen LogP contribution in [0.1, 0.15) is 17.3 Å². The fraction of sp³-hybridized carbons (Fsp3) is 0.211. The summed E-state index contributed by atoms with van der Waals surface area (Å²) in [4.78, 5) is 12.5. The van der Waals surface area contributed by atoms with Crippen molar-refractivity contribution in [2.24, 2.45) is 0 Å². The van der Waals surface area contributed by atoms with Gasteiger partial charge in [-0.2, -0.15) is 0 Å². The Morgan fingerprint density at radius 3 is 2.59 bits per heavy atom. The average Bonchev–Trinajstić information content (AvgIpc) is 3.21. The molecule has 0 radical (unpaired) electrons. The maximum absolute atomic E-state index is 12.5. The van der Waals surface area contributed by atoms with Gasteiger partial charge in [-0.25, -0.2) is 8.42 Å². The molecule has 0 saturated carbocycles. The summed E-state index contributed by atoms with van der Waals surface area (Å²) in [6.45, 7) is 1.54. The van der Waals surface area contributed by atoms with Crippen molar-refractivity contribution in [3.8, 4) is 23.0 Å². The molecule has 1 N–H and O–H groups in total. The minimum Gasteiger partial charge on any atom is -0.497 e. The summed E-state index contributed by atoms with van der Waals surface area (Å²) in [5.41, 5.74) is 0.647. The molecule has 0 aliphatic rings. The number of methoxy groups -OCH3 is 2. The summed E-state index contributed by atoms with van der Waals surface area (Å²) < 4.78 is 40.0. The van der Waals surface area contributed by atoms with E-state index in [4.69, 9.17) is 13.9 Å². The molecule has 29 heavy (non-hydrogen) atoms. The van der Waals surface area contributed by atoms with Gasteiger partial charge in [-0.3, -0.25) is 10.1 Å². The smallest absolute Gasteiger partial charge is 0.322 e. The molecule has 10 heteroatoms. The molecule has 0 fully saturated rings. The van der Waals surface area contributed by atoms with Crippen molar-refractivity contribution < 1.29 is 27.1 Å². The zero-order valence-corrected chi connectivity index (χ0v) is 16.8. The van der Waals surface area contributed by atoms with E-state index in [-0.39, 0.29) is 28.1 Å². The quantitative estimate of drug-likeness (QED) is 0.623. The van der Waals surface area contributed by atoms with Crippen molar-refractivity contribution in [1.82, 2.24) is 10.2 Å². The van der Waals surface area contributed by atoms with E-state index in [1.807, 2.05) is 0 Å². The summed E-state index contributed by atoms with van der Waals surface area (Å²) in [5.74, 6) is 0.542. The standard InChI is InChI=1S/C19H19N3O6S/c1-4-29(24,25)14-7-5-6-12(10-14)17(23)20-19-22-21-18(28-19)15-11-13(26-2)8-9-16(15)27-3/h5-11H,4H2,1-3H3,(H,20,22,23). The van der Waals surface area contributed by atoms with E-state index < -0.39 is 15.7 Å². The molecule has 0 aliphatic heterocycles. The zero-order valence-electron chi connectivity index (χ0n) is 16.0. The maximum atomic E-state index is 12.5. The highest BCUT2D eigenvalue weighted by molar-refractivity contribution is 7.91. The number of ether oxygens (including phenoxy) is 2. The second-order valence-electron chi connectivity index (χ2n) is 5.86. The molecule has 1 heterocycles. The summed E-state index contributed by atoms with van der Waals surface area (Å²) in [6, 6.07) is 10.7. The minimum absolute atomic E-state index is 0.0620. The van der Waals surface area contributed by atoms with Gasteiger partial charge in [0.1, 0.15) is 11.5 Å². The van der Waals surface area contributed by atoms with Crippen molar-refractivity contribution in [3.05, 3.63) is 48.0 Å². The van der Waals surface area contributed by atoms with Gasteiger partial charge in [0.05, 0.1) is 30.4 Å². The lowest BCUT2D eigenvalue weighted by Gasteiger charge is -2.07. The van der Waals surface area contributed by atoms with Crippen molar-refractivity contribution in [3.63, 3.8) is 0 Å². The molecule has 0 bridgehead atoms. The maximum Gasteiger partial charge on any atom is 0.322 e. The van der Waals surface area contributed by atoms with Gasteiger partial charge in [0.2, 0.25) is 0 Å². The van der Waals surface area contributed by atoms with E-state index in [0.717, 1.165) is 0 Å². The molecular formula is C19H19N3O6S. The minimum atomic E-state index is -3.43. The number of amides is 1. The lowest BCUT2D eigenvalue weighted by Crippen LogP contribution is -2.13. The van der Waals surface area contributed by atoms with Crippen molar-refractivity contribution in [2.45, 2.75) is 11.8 Å². The molecule has 1 amide bonds. The van der Waals surface area contributed by atoms with Gasteiger partial charge in [-0.1, -0.05) is 18.1 Å². The van der Waals surface area contributed by atoms with Crippen LogP contribution < -0.4 is 14.8 Å². The van der Waals surface area contributed by atoms with Crippen molar-refractivity contribution in [1.29, 1.82) is 0 Å². The summed E-state index contributed by atoms with van der Waals surface area (Å²) >= 11 is 0. The zero-order chi connectivity index (χ0) is 21.0. The first-order valence-electron chi connectivity index (χ1n) is 8.58. The Labute approximate surface area is 167 Å². The topological polar surface area (TPSA) is 121 Å². The SMILES string of the molecule is CCS(=O)(=O)c1cccc(C(=O)Nc2nnc(-c3cc(OC)ccc3OC)o2)c1. The molecule has 0 unspecified atom stereocenters. The van der Waals surface area contributed by atoms with Crippen LogP contribution in [0.25, 0.3) is 11.5 Å². The third-order valence-electron chi connectivity index (χ3n) is 4.12. The number of anilines is 1. The Morgan fingerprint density at radius 1 is 1.10 bits per heavy atom. The van der Waals surface area contributed by atoms with Gasteiger partial charge < -0.3 is 13.9 Å². The average molecular weight is 417 g/mol. The van der Waals surface area contributed by atoms with Crippen LogP contribution in [0.2, 0.25) is 0 Å². The predicted octanol–water partition coefficient (Wildman–Crippen LogP) is 2.80. The molecule has 0 atom stereocenters. The summed E-state index contributed by atoms with van der Waals surface area (Å²) in [7, 11) is -0.403. The highest BCUT2D eigenvalue weighted by Crippen LogP contribution is 2.33. The predicted molar refractivity (Wildman–Crippen MR) is 105 cm³/mol. The second kappa shape index (κ2) is 8.31. The lowest BCUT2D eigenvalue weighted by molar-refractivity contribution is 0.102. The molecule has 3 aromatic rings. The van der Waals surface area contributed by atoms with Crippen LogP contribution in [0.3, 0.4) is 0 Å². The Balaban J connectivity index is 1.84. The molecule has 3 rings (SSSR count). The molecule has 0 saturated heterocycles. The van der Waals surface area contributed by atoms with E-state index in [9.17, 15) is 13.2 Å². The van der Waals surface area contributed by atoms with Gasteiger partial charge in [0, 0.05) is 5.56 Å². The van der Waals surface area contributed by atoms with E-state index in [1.165, 1.54) is 45.4 Å². The monoisotopic (exact) mass is 417 g/mol. The van der Waals surface area contributed by atoms with Gasteiger partial charge in [-0.05, 0) is 36.4 Å². The van der Waals surface area contributed by atoms with Crippen LogP contribution >= 0.6 is 0 Å². The number of benzene rings is 2. The van der Waals surface area contributed by atoms with E-state index in [1.54, 1.807) is 18.2 Å². The number of hydrogen-bond donors (Lipinski definition) is 1. The van der Waals surface area contributed by atoms with Gasteiger partial charge >= 0.3 is 6.01 Å². The summed E-state index contributed by atoms with van der Waals surface area (Å²) in [5, 5.41) is 10.2. The molecule has 2 aromatic carbocycles. The summed E-state index contributed by atoms with van der Waals surface area (Å²) in [6.07, 6.45) is 0. The van der Waals surface area contributed by atoms with E-state index in [0.29, 0.717) is 17.1 Å². The Bertz CT molecular complexity index is 1140. The second-order valence-corrected chi connectivity index (χ2v) is 8.14. The number of hydrogen-bond acceptors (Lipinski definition) is 8. The highest BCUT2D eigenvalue weighted by atomic mass is 32.2. The van der Waals surface area contributed by atoms with Gasteiger partial charge in [0.15, 0.2) is 9.84 Å². The van der Waals surface area contributed by atoms with Crippen LogP contribution in [0.15, 0.2) is 51.8 Å². The number of nitrogens with zero attached hydrogens (tertiary/aromatic N) is 2. The van der Waals surface area contributed by atoms with Crippen LogP contribution in [-0.4, -0.2) is 44.5 Å². The molecule has 152 valence electrons. The van der Waals surface area contributed by atoms with Gasteiger partial charge in [0.25, 0.3) is 11.8 Å². The third-order valence-corrected chi connectivity index (χ3v) is 5.85. The molecule has 0 spiro atoms. The number of carbonyl (C=O) groups excluding carboxylic acids is 1. The Kier molecular flexibility index (Phi) is 5.83. The molecular weight excluding hydrogens is 398 g/mol.